The molecule has 1 unspecified atom stereocenters. The molecule has 1 fully saturated rings. The number of hydrogen-bond acceptors (Lipinski definition) is 2. The van der Waals surface area contributed by atoms with Crippen LogP contribution in [-0.4, -0.2) is 30.6 Å². The van der Waals surface area contributed by atoms with Gasteiger partial charge in [-0.05, 0) is 23.1 Å². The van der Waals surface area contributed by atoms with Gasteiger partial charge in [-0.3, -0.25) is 4.90 Å². The quantitative estimate of drug-likeness (QED) is 0.647. The summed E-state index contributed by atoms with van der Waals surface area (Å²) in [6.45, 7) is 3.11. The van der Waals surface area contributed by atoms with Crippen molar-refractivity contribution in [3.63, 3.8) is 0 Å². The van der Waals surface area contributed by atoms with E-state index in [-0.39, 0.29) is 0 Å². The third kappa shape index (κ3) is 4.59. The van der Waals surface area contributed by atoms with Crippen molar-refractivity contribution in [2.75, 3.05) is 19.6 Å². The minimum absolute atomic E-state index is 0.291. The second-order valence-electron chi connectivity index (χ2n) is 7.37. The molecular weight excluding hydrogens is 340 g/mol. The number of piperazine rings is 1. The Bertz CT molecular complexity index is 819. The van der Waals surface area contributed by atoms with Gasteiger partial charge in [-0.1, -0.05) is 103 Å². The SMILES string of the molecule is C(=Cc1ccccc1)CC1CNCCN1C(c1ccccc1)c1ccccc1. The molecule has 0 spiro atoms. The second-order valence-corrected chi connectivity index (χ2v) is 7.37. The molecule has 0 aromatic heterocycles. The van der Waals surface area contributed by atoms with Gasteiger partial charge < -0.3 is 5.32 Å². The number of nitrogens with zero attached hydrogens (tertiary/aromatic N) is 1. The van der Waals surface area contributed by atoms with Crippen LogP contribution in [0.15, 0.2) is 97.1 Å². The molecule has 0 bridgehead atoms. The molecule has 1 atom stereocenters. The first-order chi connectivity index (χ1) is 13.9. The van der Waals surface area contributed by atoms with Crippen molar-refractivity contribution in [3.8, 4) is 0 Å². The summed E-state index contributed by atoms with van der Waals surface area (Å²) >= 11 is 0. The van der Waals surface area contributed by atoms with E-state index in [0.29, 0.717) is 12.1 Å². The number of rotatable bonds is 6. The lowest BCUT2D eigenvalue weighted by Gasteiger charge is -2.42. The highest BCUT2D eigenvalue weighted by atomic mass is 15.2. The highest BCUT2D eigenvalue weighted by molar-refractivity contribution is 5.48. The van der Waals surface area contributed by atoms with Crippen LogP contribution in [0.25, 0.3) is 6.08 Å². The summed E-state index contributed by atoms with van der Waals surface area (Å²) in [5, 5.41) is 3.60. The lowest BCUT2D eigenvalue weighted by atomic mass is 9.94. The van der Waals surface area contributed by atoms with Gasteiger partial charge in [0, 0.05) is 25.7 Å². The lowest BCUT2D eigenvalue weighted by molar-refractivity contribution is 0.126. The number of nitrogens with one attached hydrogen (secondary N) is 1. The van der Waals surface area contributed by atoms with Gasteiger partial charge in [-0.15, -0.1) is 0 Å². The smallest absolute Gasteiger partial charge is 0.0605 e. The summed E-state index contributed by atoms with van der Waals surface area (Å²) in [5.74, 6) is 0. The molecule has 142 valence electrons. The van der Waals surface area contributed by atoms with E-state index < -0.39 is 0 Å². The monoisotopic (exact) mass is 368 g/mol. The maximum absolute atomic E-state index is 3.60. The zero-order valence-corrected chi connectivity index (χ0v) is 16.2. The van der Waals surface area contributed by atoms with Gasteiger partial charge in [-0.25, -0.2) is 0 Å². The van der Waals surface area contributed by atoms with Crippen LogP contribution < -0.4 is 5.32 Å². The Morgan fingerprint density at radius 3 is 2.00 bits per heavy atom. The Labute approximate surface area is 168 Å². The average molecular weight is 369 g/mol. The molecule has 0 amide bonds. The first-order valence-corrected chi connectivity index (χ1v) is 10.2. The van der Waals surface area contributed by atoms with E-state index in [1.54, 1.807) is 0 Å². The summed E-state index contributed by atoms with van der Waals surface area (Å²) in [7, 11) is 0. The zero-order chi connectivity index (χ0) is 19.0. The third-order valence-corrected chi connectivity index (χ3v) is 5.48. The van der Waals surface area contributed by atoms with Crippen molar-refractivity contribution in [3.05, 3.63) is 114 Å². The summed E-state index contributed by atoms with van der Waals surface area (Å²) in [5.41, 5.74) is 4.00. The largest absolute Gasteiger partial charge is 0.314 e. The Balaban J connectivity index is 1.59. The van der Waals surface area contributed by atoms with E-state index in [4.69, 9.17) is 0 Å². The standard InChI is InChI=1S/C26H28N2/c1-4-11-22(12-5-1)13-10-18-25-21-27-19-20-28(25)26(23-14-6-2-7-15-23)24-16-8-3-9-17-24/h1-17,25-27H,18-21H2. The van der Waals surface area contributed by atoms with Crippen LogP contribution in [0.1, 0.15) is 29.2 Å². The van der Waals surface area contributed by atoms with Gasteiger partial charge in [0.15, 0.2) is 0 Å². The molecule has 1 saturated heterocycles. The van der Waals surface area contributed by atoms with Crippen molar-refractivity contribution >= 4 is 6.08 Å². The van der Waals surface area contributed by atoms with Crippen molar-refractivity contribution in [1.29, 1.82) is 0 Å². The van der Waals surface area contributed by atoms with Crippen LogP contribution in [0.5, 0.6) is 0 Å². The molecule has 0 saturated carbocycles. The first kappa shape index (κ1) is 18.7. The predicted molar refractivity (Wildman–Crippen MR) is 118 cm³/mol. The molecule has 28 heavy (non-hydrogen) atoms. The average Bonchev–Trinajstić information content (AvgIpc) is 2.77. The third-order valence-electron chi connectivity index (χ3n) is 5.48. The van der Waals surface area contributed by atoms with E-state index in [0.717, 1.165) is 26.1 Å². The van der Waals surface area contributed by atoms with Gasteiger partial charge >= 0.3 is 0 Å². The van der Waals surface area contributed by atoms with Gasteiger partial charge in [0.05, 0.1) is 6.04 Å². The summed E-state index contributed by atoms with van der Waals surface area (Å²) in [6, 6.07) is 33.2. The molecule has 1 N–H and O–H groups in total. The van der Waals surface area contributed by atoms with Crippen LogP contribution in [0, 0.1) is 0 Å². The van der Waals surface area contributed by atoms with Crippen molar-refractivity contribution < 1.29 is 0 Å². The maximum Gasteiger partial charge on any atom is 0.0605 e. The van der Waals surface area contributed by atoms with E-state index >= 15 is 0 Å². The van der Waals surface area contributed by atoms with Crippen LogP contribution in [0.3, 0.4) is 0 Å². The van der Waals surface area contributed by atoms with Gasteiger partial charge in [0.2, 0.25) is 0 Å². The highest BCUT2D eigenvalue weighted by Crippen LogP contribution is 2.31. The fraction of sp³-hybridized carbons (Fsp3) is 0.231. The van der Waals surface area contributed by atoms with E-state index in [2.05, 4.69) is 113 Å². The molecule has 0 aliphatic carbocycles. The second kappa shape index (κ2) is 9.50. The van der Waals surface area contributed by atoms with E-state index in [1.165, 1.54) is 16.7 Å². The lowest BCUT2D eigenvalue weighted by Crippen LogP contribution is -2.52. The van der Waals surface area contributed by atoms with E-state index in [9.17, 15) is 0 Å². The van der Waals surface area contributed by atoms with Crippen LogP contribution in [0.2, 0.25) is 0 Å². The maximum atomic E-state index is 3.60. The normalized spacial score (nSPS) is 18.0. The van der Waals surface area contributed by atoms with Crippen LogP contribution in [0.4, 0.5) is 0 Å². The van der Waals surface area contributed by atoms with Gasteiger partial charge in [-0.2, -0.15) is 0 Å². The Morgan fingerprint density at radius 1 is 0.821 bits per heavy atom. The Hall–Kier alpha value is -2.68. The summed E-state index contributed by atoms with van der Waals surface area (Å²) < 4.78 is 0. The molecule has 3 aromatic carbocycles. The molecule has 4 rings (SSSR count). The van der Waals surface area contributed by atoms with Crippen LogP contribution >= 0.6 is 0 Å². The van der Waals surface area contributed by atoms with Gasteiger partial charge in [0.1, 0.15) is 0 Å². The Morgan fingerprint density at radius 2 is 1.39 bits per heavy atom. The van der Waals surface area contributed by atoms with E-state index in [1.807, 2.05) is 0 Å². The molecule has 3 aromatic rings. The topological polar surface area (TPSA) is 15.3 Å². The van der Waals surface area contributed by atoms with Crippen molar-refractivity contribution in [1.82, 2.24) is 10.2 Å². The molecule has 1 aliphatic rings. The predicted octanol–water partition coefficient (Wildman–Crippen LogP) is 5.15. The highest BCUT2D eigenvalue weighted by Gasteiger charge is 2.30. The summed E-state index contributed by atoms with van der Waals surface area (Å²) in [4.78, 5) is 2.68. The first-order valence-electron chi connectivity index (χ1n) is 10.2. The summed E-state index contributed by atoms with van der Waals surface area (Å²) in [6.07, 6.45) is 5.61. The molecule has 2 heteroatoms. The number of hydrogen-bond donors (Lipinski definition) is 1. The van der Waals surface area contributed by atoms with Crippen molar-refractivity contribution in [2.24, 2.45) is 0 Å². The number of benzene rings is 3. The van der Waals surface area contributed by atoms with Crippen LogP contribution in [-0.2, 0) is 0 Å². The molecular formula is C26H28N2. The Kier molecular flexibility index (Phi) is 6.33. The minimum atomic E-state index is 0.291. The van der Waals surface area contributed by atoms with Gasteiger partial charge in [0.25, 0.3) is 0 Å². The fourth-order valence-corrected chi connectivity index (χ4v) is 4.11. The van der Waals surface area contributed by atoms with Crippen molar-refractivity contribution in [2.45, 2.75) is 18.5 Å². The molecule has 1 heterocycles. The zero-order valence-electron chi connectivity index (χ0n) is 16.2. The molecule has 0 radical (unpaired) electrons. The minimum Gasteiger partial charge on any atom is -0.314 e. The molecule has 1 aliphatic heterocycles. The fourth-order valence-electron chi connectivity index (χ4n) is 4.11. The molecule has 2 nitrogen and oxygen atoms in total.